The summed E-state index contributed by atoms with van der Waals surface area (Å²) in [5.74, 6) is -0.625. The van der Waals surface area contributed by atoms with Crippen LogP contribution in [0.3, 0.4) is 0 Å². The van der Waals surface area contributed by atoms with Gasteiger partial charge in [-0.05, 0) is 6.92 Å². The third kappa shape index (κ3) is 3.93. The van der Waals surface area contributed by atoms with E-state index in [0.717, 1.165) is 0 Å². The Balaban J connectivity index is 3.28. The van der Waals surface area contributed by atoms with E-state index in [2.05, 4.69) is 4.74 Å². The Morgan fingerprint density at radius 1 is 1.89 bits per heavy atom. The zero-order chi connectivity index (χ0) is 7.28. The van der Waals surface area contributed by atoms with Crippen LogP contribution in [-0.2, 0) is 9.53 Å². The highest BCUT2D eigenvalue weighted by Gasteiger charge is 2.07. The maximum Gasteiger partial charge on any atom is 0.334 e. The van der Waals surface area contributed by atoms with Crippen molar-refractivity contribution in [1.82, 2.24) is 0 Å². The number of aliphatic hydroxyl groups is 1. The second-order valence-electron chi connectivity index (χ2n) is 1.63. The topological polar surface area (TPSA) is 72.5 Å². The number of hydrogen-bond acceptors (Lipinski definition) is 4. The number of carbonyl (C=O) groups is 1. The molecule has 0 aliphatic heterocycles. The van der Waals surface area contributed by atoms with E-state index in [4.69, 9.17) is 10.8 Å². The Morgan fingerprint density at radius 3 is 2.78 bits per heavy atom. The van der Waals surface area contributed by atoms with Crippen molar-refractivity contribution >= 4 is 5.97 Å². The van der Waals surface area contributed by atoms with Crippen molar-refractivity contribution in [3.8, 4) is 0 Å². The van der Waals surface area contributed by atoms with E-state index in [1.807, 2.05) is 0 Å². The smallest absolute Gasteiger partial charge is 0.334 e. The molecular formula is C5H11NO3. The fourth-order valence-electron chi connectivity index (χ4n) is 0.280. The summed E-state index contributed by atoms with van der Waals surface area (Å²) in [4.78, 5) is 10.4. The first-order valence-corrected chi connectivity index (χ1v) is 2.73. The predicted molar refractivity (Wildman–Crippen MR) is 31.7 cm³/mol. The lowest BCUT2D eigenvalue weighted by molar-refractivity contribution is -0.152. The number of ether oxygens (including phenoxy) is 1. The van der Waals surface area contributed by atoms with Gasteiger partial charge in [0.2, 0.25) is 0 Å². The fourth-order valence-corrected chi connectivity index (χ4v) is 0.280. The number of nitrogens with two attached hydrogens (primary N) is 1. The van der Waals surface area contributed by atoms with E-state index >= 15 is 0 Å². The van der Waals surface area contributed by atoms with Crippen molar-refractivity contribution in [3.63, 3.8) is 0 Å². The van der Waals surface area contributed by atoms with Crippen molar-refractivity contribution in [2.45, 2.75) is 13.0 Å². The summed E-state index contributed by atoms with van der Waals surface area (Å²) >= 11 is 0. The molecule has 3 N–H and O–H groups in total. The minimum atomic E-state index is -1.04. The Morgan fingerprint density at radius 2 is 2.44 bits per heavy atom. The molecular weight excluding hydrogens is 122 g/mol. The normalized spacial score (nSPS) is 12.8. The van der Waals surface area contributed by atoms with Crippen molar-refractivity contribution in [1.29, 1.82) is 0 Å². The average Bonchev–Trinajstić information content (AvgIpc) is 1.82. The van der Waals surface area contributed by atoms with Crippen LogP contribution in [0.4, 0.5) is 0 Å². The minimum Gasteiger partial charge on any atom is -0.462 e. The highest BCUT2D eigenvalue weighted by molar-refractivity contribution is 5.73. The third-order valence-corrected chi connectivity index (χ3v) is 0.703. The van der Waals surface area contributed by atoms with Crippen molar-refractivity contribution < 1.29 is 14.6 Å². The van der Waals surface area contributed by atoms with Gasteiger partial charge in [0.1, 0.15) is 12.7 Å². The molecule has 9 heavy (non-hydrogen) atoms. The van der Waals surface area contributed by atoms with Crippen LogP contribution in [0.5, 0.6) is 0 Å². The molecule has 0 bridgehead atoms. The van der Waals surface area contributed by atoms with Crippen LogP contribution in [0.25, 0.3) is 0 Å². The molecule has 0 fully saturated rings. The molecule has 0 radical (unpaired) electrons. The molecule has 0 saturated heterocycles. The molecule has 54 valence electrons. The van der Waals surface area contributed by atoms with Gasteiger partial charge in [-0.1, -0.05) is 0 Å². The predicted octanol–water partition coefficient (Wildman–Crippen LogP) is -1.13. The molecule has 0 spiro atoms. The number of rotatable bonds is 3. The molecule has 4 heteroatoms. The van der Waals surface area contributed by atoms with Crippen LogP contribution in [0, 0.1) is 0 Å². The summed E-state index contributed by atoms with van der Waals surface area (Å²) in [6, 6.07) is 0. The summed E-state index contributed by atoms with van der Waals surface area (Å²) in [6.45, 7) is 1.81. The number of esters is 1. The molecule has 0 rings (SSSR count). The summed E-state index contributed by atoms with van der Waals surface area (Å²) in [5, 5.41) is 8.53. The van der Waals surface area contributed by atoms with E-state index in [1.54, 1.807) is 0 Å². The lowest BCUT2D eigenvalue weighted by Crippen LogP contribution is -2.22. The van der Waals surface area contributed by atoms with Gasteiger partial charge in [-0.2, -0.15) is 0 Å². The fraction of sp³-hybridized carbons (Fsp3) is 0.800. The van der Waals surface area contributed by atoms with Crippen LogP contribution in [0.2, 0.25) is 0 Å². The van der Waals surface area contributed by atoms with Gasteiger partial charge in [-0.15, -0.1) is 0 Å². The molecule has 0 aliphatic rings. The van der Waals surface area contributed by atoms with Gasteiger partial charge < -0.3 is 15.6 Å². The van der Waals surface area contributed by atoms with E-state index in [1.165, 1.54) is 6.92 Å². The van der Waals surface area contributed by atoms with Crippen LogP contribution in [-0.4, -0.2) is 30.3 Å². The van der Waals surface area contributed by atoms with Crippen LogP contribution < -0.4 is 5.73 Å². The molecule has 0 saturated carbocycles. The van der Waals surface area contributed by atoms with Gasteiger partial charge in [0.15, 0.2) is 0 Å². The van der Waals surface area contributed by atoms with Crippen molar-refractivity contribution in [2.24, 2.45) is 5.73 Å². The second kappa shape index (κ2) is 4.29. The van der Waals surface area contributed by atoms with Gasteiger partial charge in [-0.3, -0.25) is 0 Å². The second-order valence-corrected chi connectivity index (χ2v) is 1.63. The molecule has 0 heterocycles. The van der Waals surface area contributed by atoms with Crippen LogP contribution in [0.1, 0.15) is 6.92 Å². The summed E-state index contributed by atoms with van der Waals surface area (Å²) in [7, 11) is 0. The zero-order valence-corrected chi connectivity index (χ0v) is 5.33. The van der Waals surface area contributed by atoms with Gasteiger partial charge in [0.05, 0.1) is 0 Å². The van der Waals surface area contributed by atoms with Gasteiger partial charge in [0, 0.05) is 6.54 Å². The summed E-state index contributed by atoms with van der Waals surface area (Å²) < 4.78 is 4.44. The maximum atomic E-state index is 10.4. The molecule has 0 amide bonds. The highest BCUT2D eigenvalue weighted by Crippen LogP contribution is 1.84. The van der Waals surface area contributed by atoms with Gasteiger partial charge in [0.25, 0.3) is 0 Å². The van der Waals surface area contributed by atoms with E-state index < -0.39 is 12.1 Å². The van der Waals surface area contributed by atoms with E-state index in [0.29, 0.717) is 6.54 Å². The SMILES string of the molecule is CC(O)C(=O)OCCN. The lowest BCUT2D eigenvalue weighted by atomic mass is 10.4. The molecule has 1 unspecified atom stereocenters. The first-order valence-electron chi connectivity index (χ1n) is 2.73. The van der Waals surface area contributed by atoms with Crippen molar-refractivity contribution in [2.75, 3.05) is 13.2 Å². The quantitative estimate of drug-likeness (QED) is 0.478. The lowest BCUT2D eigenvalue weighted by Gasteiger charge is -2.03. The van der Waals surface area contributed by atoms with Crippen LogP contribution >= 0.6 is 0 Å². The van der Waals surface area contributed by atoms with Crippen LogP contribution in [0.15, 0.2) is 0 Å². The molecule has 4 nitrogen and oxygen atoms in total. The number of carbonyl (C=O) groups excluding carboxylic acids is 1. The largest absolute Gasteiger partial charge is 0.462 e. The zero-order valence-electron chi connectivity index (χ0n) is 5.33. The Bertz CT molecular complexity index is 92.2. The Kier molecular flexibility index (Phi) is 4.00. The molecule has 0 aliphatic carbocycles. The molecule has 0 aromatic heterocycles. The molecule has 0 aromatic carbocycles. The summed E-state index contributed by atoms with van der Waals surface area (Å²) in [6.07, 6.45) is -1.04. The number of hydrogen-bond donors (Lipinski definition) is 2. The monoisotopic (exact) mass is 133 g/mol. The Labute approximate surface area is 53.6 Å². The van der Waals surface area contributed by atoms with Crippen molar-refractivity contribution in [3.05, 3.63) is 0 Å². The first-order chi connectivity index (χ1) is 4.18. The standard InChI is InChI=1S/C5H11NO3/c1-4(7)5(8)9-3-2-6/h4,7H,2-3,6H2,1H3. The highest BCUT2D eigenvalue weighted by atomic mass is 16.5. The Hall–Kier alpha value is -0.610. The van der Waals surface area contributed by atoms with Gasteiger partial charge >= 0.3 is 5.97 Å². The third-order valence-electron chi connectivity index (χ3n) is 0.703. The number of aliphatic hydroxyl groups excluding tert-OH is 1. The molecule has 0 aromatic rings. The maximum absolute atomic E-state index is 10.4. The minimum absolute atomic E-state index is 0.170. The van der Waals surface area contributed by atoms with Gasteiger partial charge in [-0.25, -0.2) is 4.79 Å². The average molecular weight is 133 g/mol. The van der Waals surface area contributed by atoms with E-state index in [9.17, 15) is 4.79 Å². The first kappa shape index (κ1) is 8.39. The summed E-state index contributed by atoms with van der Waals surface area (Å²) in [5.41, 5.74) is 5.02. The van der Waals surface area contributed by atoms with E-state index in [-0.39, 0.29) is 6.61 Å². The molecule has 1 atom stereocenters.